The fourth-order valence-electron chi connectivity index (χ4n) is 3.33. The van der Waals surface area contributed by atoms with Crippen LogP contribution in [0.15, 0.2) is 18.2 Å². The highest BCUT2D eigenvalue weighted by Gasteiger charge is 2.32. The average Bonchev–Trinajstić information content (AvgIpc) is 2.65. The van der Waals surface area contributed by atoms with E-state index in [1.54, 1.807) is 4.90 Å². The van der Waals surface area contributed by atoms with Gasteiger partial charge in [-0.05, 0) is 38.9 Å². The van der Waals surface area contributed by atoms with Crippen molar-refractivity contribution in [2.75, 3.05) is 27.2 Å². The smallest absolute Gasteiger partial charge is 0.270 e. The van der Waals surface area contributed by atoms with Gasteiger partial charge in [0, 0.05) is 31.3 Å². The van der Waals surface area contributed by atoms with E-state index in [0.717, 1.165) is 18.9 Å². The molecular weight excluding hydrogens is 384 g/mol. The van der Waals surface area contributed by atoms with Gasteiger partial charge in [0.2, 0.25) is 5.91 Å². The number of amides is 2. The topological polar surface area (TPSA) is 95.8 Å². The van der Waals surface area contributed by atoms with Gasteiger partial charge in [-0.15, -0.1) is 0 Å². The van der Waals surface area contributed by atoms with Crippen LogP contribution < -0.4 is 5.32 Å². The molecule has 1 saturated heterocycles. The van der Waals surface area contributed by atoms with E-state index in [-0.39, 0.29) is 28.1 Å². The minimum absolute atomic E-state index is 0.0200. The highest BCUT2D eigenvalue weighted by atomic mass is 35.5. The summed E-state index contributed by atoms with van der Waals surface area (Å²) < 4.78 is 0. The maximum atomic E-state index is 13.0. The molecular formula is C19H27ClN4O4. The van der Waals surface area contributed by atoms with E-state index >= 15 is 0 Å². The summed E-state index contributed by atoms with van der Waals surface area (Å²) in [5.74, 6) is -0.742. The summed E-state index contributed by atoms with van der Waals surface area (Å²) >= 11 is 6.04. The first-order chi connectivity index (χ1) is 13.1. The van der Waals surface area contributed by atoms with Crippen molar-refractivity contribution in [1.82, 2.24) is 15.1 Å². The fraction of sp³-hybridized carbons (Fsp3) is 0.579. The number of nitrogens with zero attached hydrogens (tertiary/aromatic N) is 3. The summed E-state index contributed by atoms with van der Waals surface area (Å²) in [5, 5.41) is 13.6. The van der Waals surface area contributed by atoms with E-state index in [2.05, 4.69) is 10.2 Å². The summed E-state index contributed by atoms with van der Waals surface area (Å²) in [6.45, 7) is 5.04. The Morgan fingerprint density at radius 3 is 2.36 bits per heavy atom. The molecule has 1 aliphatic heterocycles. The first-order valence-corrected chi connectivity index (χ1v) is 9.69. The van der Waals surface area contributed by atoms with Crippen molar-refractivity contribution in [2.45, 2.75) is 38.8 Å². The van der Waals surface area contributed by atoms with Crippen LogP contribution >= 0.6 is 11.6 Å². The SMILES string of the molecule is CC(C)C(NC(=O)c1ccc([N+](=O)[O-])cc1Cl)C(=O)N1CCC(N(C)C)CC1. The van der Waals surface area contributed by atoms with Crippen LogP contribution in [0.5, 0.6) is 0 Å². The number of piperidine rings is 1. The third kappa shape index (κ3) is 5.20. The van der Waals surface area contributed by atoms with Gasteiger partial charge in [0.15, 0.2) is 0 Å². The van der Waals surface area contributed by atoms with E-state index in [0.29, 0.717) is 19.1 Å². The van der Waals surface area contributed by atoms with Crippen molar-refractivity contribution in [3.8, 4) is 0 Å². The lowest BCUT2D eigenvalue weighted by molar-refractivity contribution is -0.384. The molecule has 154 valence electrons. The highest BCUT2D eigenvalue weighted by molar-refractivity contribution is 6.34. The number of halogens is 1. The van der Waals surface area contributed by atoms with Crippen molar-refractivity contribution in [3.63, 3.8) is 0 Å². The highest BCUT2D eigenvalue weighted by Crippen LogP contribution is 2.23. The Morgan fingerprint density at radius 2 is 1.89 bits per heavy atom. The molecule has 0 aromatic heterocycles. The van der Waals surface area contributed by atoms with Crippen LogP contribution in [-0.2, 0) is 4.79 Å². The largest absolute Gasteiger partial charge is 0.341 e. The molecule has 9 heteroatoms. The summed E-state index contributed by atoms with van der Waals surface area (Å²) in [6.07, 6.45) is 1.79. The molecule has 1 aromatic rings. The molecule has 0 radical (unpaired) electrons. The van der Waals surface area contributed by atoms with Gasteiger partial charge in [0.25, 0.3) is 11.6 Å². The number of non-ortho nitro benzene ring substituents is 1. The third-order valence-electron chi connectivity index (χ3n) is 5.13. The molecule has 0 saturated carbocycles. The molecule has 0 spiro atoms. The number of likely N-dealkylation sites (tertiary alicyclic amines) is 1. The molecule has 1 fully saturated rings. The Labute approximate surface area is 170 Å². The molecule has 1 aromatic carbocycles. The van der Waals surface area contributed by atoms with Crippen molar-refractivity contribution in [3.05, 3.63) is 38.9 Å². The summed E-state index contributed by atoms with van der Waals surface area (Å²) in [7, 11) is 4.07. The number of hydrogen-bond acceptors (Lipinski definition) is 5. The summed E-state index contributed by atoms with van der Waals surface area (Å²) in [6, 6.07) is 3.43. The van der Waals surface area contributed by atoms with Gasteiger partial charge < -0.3 is 15.1 Å². The monoisotopic (exact) mass is 410 g/mol. The van der Waals surface area contributed by atoms with Crippen LogP contribution in [0.1, 0.15) is 37.0 Å². The quantitative estimate of drug-likeness (QED) is 0.574. The molecule has 1 heterocycles. The molecule has 1 unspecified atom stereocenters. The van der Waals surface area contributed by atoms with E-state index in [9.17, 15) is 19.7 Å². The predicted octanol–water partition coefficient (Wildman–Crippen LogP) is 2.56. The maximum absolute atomic E-state index is 13.0. The van der Waals surface area contributed by atoms with Gasteiger partial charge in [-0.3, -0.25) is 19.7 Å². The van der Waals surface area contributed by atoms with Crippen molar-refractivity contribution < 1.29 is 14.5 Å². The van der Waals surface area contributed by atoms with Crippen LogP contribution in [0.4, 0.5) is 5.69 Å². The Morgan fingerprint density at radius 1 is 1.29 bits per heavy atom. The number of benzene rings is 1. The van der Waals surface area contributed by atoms with Gasteiger partial charge in [-0.1, -0.05) is 25.4 Å². The van der Waals surface area contributed by atoms with Gasteiger partial charge in [0.05, 0.1) is 15.5 Å². The van der Waals surface area contributed by atoms with E-state index < -0.39 is 16.9 Å². The Bertz CT molecular complexity index is 745. The second-order valence-electron chi connectivity index (χ2n) is 7.64. The summed E-state index contributed by atoms with van der Waals surface area (Å²) in [5.41, 5.74) is -0.0844. The van der Waals surface area contributed by atoms with Crippen LogP contribution in [0.2, 0.25) is 5.02 Å². The van der Waals surface area contributed by atoms with E-state index in [4.69, 9.17) is 11.6 Å². The lowest BCUT2D eigenvalue weighted by atomic mass is 9.98. The average molecular weight is 411 g/mol. The Hall–Kier alpha value is -2.19. The first-order valence-electron chi connectivity index (χ1n) is 9.31. The number of nitro groups is 1. The molecule has 0 bridgehead atoms. The second kappa shape index (κ2) is 9.34. The number of rotatable bonds is 6. The molecule has 2 rings (SSSR count). The minimum Gasteiger partial charge on any atom is -0.341 e. The third-order valence-corrected chi connectivity index (χ3v) is 5.45. The lowest BCUT2D eigenvalue weighted by Crippen LogP contribution is -2.54. The van der Waals surface area contributed by atoms with Gasteiger partial charge in [-0.2, -0.15) is 0 Å². The van der Waals surface area contributed by atoms with Gasteiger partial charge >= 0.3 is 0 Å². The molecule has 1 N–H and O–H groups in total. The zero-order chi connectivity index (χ0) is 21.0. The molecule has 0 aliphatic carbocycles. The number of hydrogen-bond donors (Lipinski definition) is 1. The summed E-state index contributed by atoms with van der Waals surface area (Å²) in [4.78, 5) is 39.8. The van der Waals surface area contributed by atoms with E-state index in [1.807, 2.05) is 27.9 Å². The Balaban J connectivity index is 2.09. The van der Waals surface area contributed by atoms with E-state index in [1.165, 1.54) is 12.1 Å². The number of nitro benzene ring substituents is 1. The zero-order valence-electron chi connectivity index (χ0n) is 16.6. The number of nitrogens with one attached hydrogen (secondary N) is 1. The van der Waals surface area contributed by atoms with Crippen LogP contribution in [0.25, 0.3) is 0 Å². The maximum Gasteiger partial charge on any atom is 0.270 e. The fourth-order valence-corrected chi connectivity index (χ4v) is 3.59. The van der Waals surface area contributed by atoms with Gasteiger partial charge in [0.1, 0.15) is 6.04 Å². The Kier molecular flexibility index (Phi) is 7.37. The predicted molar refractivity (Wildman–Crippen MR) is 107 cm³/mol. The van der Waals surface area contributed by atoms with Crippen LogP contribution in [-0.4, -0.2) is 65.8 Å². The van der Waals surface area contributed by atoms with Gasteiger partial charge in [-0.25, -0.2) is 0 Å². The molecule has 28 heavy (non-hydrogen) atoms. The zero-order valence-corrected chi connectivity index (χ0v) is 17.4. The standard InChI is InChI=1S/C19H27ClN4O4/c1-12(2)17(19(26)23-9-7-13(8-10-23)22(3)4)21-18(25)15-6-5-14(24(27)28)11-16(15)20/h5-6,11-13,17H,7-10H2,1-4H3,(H,21,25). The van der Waals surface area contributed by atoms with Crippen molar-refractivity contribution >= 4 is 29.1 Å². The van der Waals surface area contributed by atoms with Crippen molar-refractivity contribution in [2.24, 2.45) is 5.92 Å². The first kappa shape index (κ1) is 22.1. The normalized spacial score (nSPS) is 16.3. The molecule has 1 aliphatic rings. The van der Waals surface area contributed by atoms with Crippen LogP contribution in [0, 0.1) is 16.0 Å². The minimum atomic E-state index is -0.685. The van der Waals surface area contributed by atoms with Crippen molar-refractivity contribution in [1.29, 1.82) is 0 Å². The molecule has 8 nitrogen and oxygen atoms in total. The second-order valence-corrected chi connectivity index (χ2v) is 8.04. The molecule has 2 amide bonds. The van der Waals surface area contributed by atoms with Crippen LogP contribution in [0.3, 0.4) is 0 Å². The molecule has 1 atom stereocenters. The lowest BCUT2D eigenvalue weighted by Gasteiger charge is -2.37. The number of carbonyl (C=O) groups is 2. The number of carbonyl (C=O) groups excluding carboxylic acids is 2.